The fourth-order valence-corrected chi connectivity index (χ4v) is 4.36. The molecule has 0 radical (unpaired) electrons. The summed E-state index contributed by atoms with van der Waals surface area (Å²) in [5.41, 5.74) is 2.07. The van der Waals surface area contributed by atoms with Gasteiger partial charge in [0.25, 0.3) is 10.0 Å². The summed E-state index contributed by atoms with van der Waals surface area (Å²) in [6.45, 7) is 0. The van der Waals surface area contributed by atoms with Gasteiger partial charge in [0.05, 0.1) is 17.4 Å². The minimum Gasteiger partial charge on any atom is -0.345 e. The minimum absolute atomic E-state index is 0.132. The van der Waals surface area contributed by atoms with Gasteiger partial charge in [0.2, 0.25) is 0 Å². The van der Waals surface area contributed by atoms with Crippen molar-refractivity contribution in [3.8, 4) is 0 Å². The third kappa shape index (κ3) is 2.48. The zero-order valence-corrected chi connectivity index (χ0v) is 14.5. The van der Waals surface area contributed by atoms with Crippen molar-refractivity contribution in [3.05, 3.63) is 41.1 Å². The summed E-state index contributed by atoms with van der Waals surface area (Å²) in [7, 11) is -3.78. The molecule has 4 aromatic rings. The Kier molecular flexibility index (Phi) is 3.32. The van der Waals surface area contributed by atoms with E-state index in [4.69, 9.17) is 0 Å². The minimum atomic E-state index is -3.78. The Hall–Kier alpha value is -2.04. The van der Waals surface area contributed by atoms with Crippen LogP contribution in [0.15, 0.2) is 46.0 Å². The molecule has 0 aliphatic heterocycles. The number of halogens is 1. The highest BCUT2D eigenvalue weighted by molar-refractivity contribution is 9.10. The van der Waals surface area contributed by atoms with Crippen LogP contribution in [0.1, 0.15) is 0 Å². The molecule has 0 fully saturated rings. The quantitative estimate of drug-likeness (QED) is 0.506. The topological polar surface area (TPSA) is 101 Å². The zero-order chi connectivity index (χ0) is 16.0. The largest absolute Gasteiger partial charge is 0.345 e. The highest BCUT2D eigenvalue weighted by Crippen LogP contribution is 2.27. The Morgan fingerprint density at radius 3 is 2.91 bits per heavy atom. The summed E-state index contributed by atoms with van der Waals surface area (Å²) >= 11 is 4.30. The second-order valence-electron chi connectivity index (χ2n) is 4.73. The van der Waals surface area contributed by atoms with E-state index in [1.807, 2.05) is 0 Å². The first-order valence-electron chi connectivity index (χ1n) is 6.42. The number of aromatic nitrogens is 4. The van der Waals surface area contributed by atoms with Crippen molar-refractivity contribution in [2.45, 2.75) is 4.90 Å². The Labute approximate surface area is 143 Å². The van der Waals surface area contributed by atoms with Gasteiger partial charge in [-0.15, -0.1) is 0 Å². The molecule has 4 rings (SSSR count). The van der Waals surface area contributed by atoms with Crippen LogP contribution in [0.3, 0.4) is 0 Å². The van der Waals surface area contributed by atoms with Crippen LogP contribution in [0, 0.1) is 0 Å². The van der Waals surface area contributed by atoms with Gasteiger partial charge in [-0.25, -0.2) is 13.4 Å². The maximum absolute atomic E-state index is 12.7. The number of anilines is 1. The first kappa shape index (κ1) is 14.5. The second kappa shape index (κ2) is 5.25. The van der Waals surface area contributed by atoms with Gasteiger partial charge < -0.3 is 4.98 Å². The zero-order valence-electron chi connectivity index (χ0n) is 11.3. The predicted molar refractivity (Wildman–Crippen MR) is 92.0 cm³/mol. The van der Waals surface area contributed by atoms with Gasteiger partial charge in [-0.2, -0.15) is 8.75 Å². The molecule has 0 aliphatic rings. The summed E-state index contributed by atoms with van der Waals surface area (Å²) in [5.74, 6) is 0. The molecule has 1 aromatic carbocycles. The molecule has 3 heterocycles. The normalized spacial score (nSPS) is 12.0. The van der Waals surface area contributed by atoms with E-state index >= 15 is 0 Å². The molecule has 0 atom stereocenters. The van der Waals surface area contributed by atoms with Crippen LogP contribution in [0.4, 0.5) is 5.69 Å². The van der Waals surface area contributed by atoms with Gasteiger partial charge in [-0.3, -0.25) is 4.72 Å². The number of rotatable bonds is 3. The molecular weight excluding hydrogens is 402 g/mol. The lowest BCUT2D eigenvalue weighted by Crippen LogP contribution is -2.12. The molecule has 10 heteroatoms. The van der Waals surface area contributed by atoms with E-state index in [0.717, 1.165) is 11.7 Å². The molecule has 3 aromatic heterocycles. The predicted octanol–water partition coefficient (Wildman–Crippen LogP) is 3.13. The maximum Gasteiger partial charge on any atom is 0.264 e. The van der Waals surface area contributed by atoms with E-state index in [2.05, 4.69) is 39.4 Å². The number of nitrogens with zero attached hydrogens (tertiary/aromatic N) is 3. The molecule has 0 unspecified atom stereocenters. The number of hydrogen-bond donors (Lipinski definition) is 2. The first-order chi connectivity index (χ1) is 11.0. The van der Waals surface area contributed by atoms with Crippen LogP contribution in [-0.4, -0.2) is 27.1 Å². The number of sulfonamides is 1. The molecule has 116 valence electrons. The van der Waals surface area contributed by atoms with E-state index in [1.165, 1.54) is 6.20 Å². The fraction of sp³-hybridized carbons (Fsp3) is 0. The van der Waals surface area contributed by atoms with Gasteiger partial charge in [-0.05, 0) is 40.2 Å². The SMILES string of the molecule is O=S(=O)(Nc1cccc2nsnc12)c1c[nH]c2nc(Br)ccc12. The van der Waals surface area contributed by atoms with Crippen molar-refractivity contribution >= 4 is 65.4 Å². The highest BCUT2D eigenvalue weighted by Gasteiger charge is 2.21. The number of fused-ring (bicyclic) bond motifs is 2. The van der Waals surface area contributed by atoms with Crippen LogP contribution in [0.25, 0.3) is 22.1 Å². The van der Waals surface area contributed by atoms with E-state index in [0.29, 0.717) is 32.4 Å². The summed E-state index contributed by atoms with van der Waals surface area (Å²) in [6.07, 6.45) is 1.42. The summed E-state index contributed by atoms with van der Waals surface area (Å²) in [5, 5.41) is 0.518. The maximum atomic E-state index is 12.7. The Morgan fingerprint density at radius 2 is 2.04 bits per heavy atom. The Bertz CT molecular complexity index is 1140. The lowest BCUT2D eigenvalue weighted by Gasteiger charge is -2.07. The van der Waals surface area contributed by atoms with E-state index < -0.39 is 10.0 Å². The van der Waals surface area contributed by atoms with Crippen LogP contribution < -0.4 is 4.72 Å². The molecule has 7 nitrogen and oxygen atoms in total. The van der Waals surface area contributed by atoms with Crippen molar-refractivity contribution < 1.29 is 8.42 Å². The van der Waals surface area contributed by atoms with Gasteiger partial charge >= 0.3 is 0 Å². The van der Waals surface area contributed by atoms with E-state index in [9.17, 15) is 8.42 Å². The molecule has 2 N–H and O–H groups in total. The number of benzene rings is 1. The van der Waals surface area contributed by atoms with Crippen molar-refractivity contribution in [2.75, 3.05) is 4.72 Å². The Morgan fingerprint density at radius 1 is 1.17 bits per heavy atom. The number of aromatic amines is 1. The van der Waals surface area contributed by atoms with E-state index in [1.54, 1.807) is 30.3 Å². The van der Waals surface area contributed by atoms with Crippen molar-refractivity contribution in [1.29, 1.82) is 0 Å². The van der Waals surface area contributed by atoms with Gasteiger partial charge in [0, 0.05) is 11.6 Å². The molecule has 0 aliphatic carbocycles. The average Bonchev–Trinajstić information content (AvgIpc) is 3.13. The summed E-state index contributed by atoms with van der Waals surface area (Å²) in [6, 6.07) is 8.56. The molecule has 0 saturated carbocycles. The van der Waals surface area contributed by atoms with E-state index in [-0.39, 0.29) is 4.90 Å². The molecule has 0 spiro atoms. The van der Waals surface area contributed by atoms with Gasteiger partial charge in [0.15, 0.2) is 0 Å². The molecule has 23 heavy (non-hydrogen) atoms. The lowest BCUT2D eigenvalue weighted by molar-refractivity contribution is 0.602. The van der Waals surface area contributed by atoms with Gasteiger partial charge in [0.1, 0.15) is 26.2 Å². The Balaban J connectivity index is 1.82. The van der Waals surface area contributed by atoms with Crippen LogP contribution >= 0.6 is 27.7 Å². The third-order valence-electron chi connectivity index (χ3n) is 3.29. The number of pyridine rings is 1. The van der Waals surface area contributed by atoms with Crippen LogP contribution in [0.2, 0.25) is 0 Å². The monoisotopic (exact) mass is 409 g/mol. The number of hydrogen-bond acceptors (Lipinski definition) is 6. The molecule has 0 saturated heterocycles. The molecular formula is C13H8BrN5O2S2. The van der Waals surface area contributed by atoms with Crippen molar-refractivity contribution in [3.63, 3.8) is 0 Å². The smallest absolute Gasteiger partial charge is 0.264 e. The fourth-order valence-electron chi connectivity index (χ4n) is 2.27. The molecule has 0 bridgehead atoms. The van der Waals surface area contributed by atoms with Crippen molar-refractivity contribution in [2.24, 2.45) is 0 Å². The third-order valence-corrected chi connectivity index (χ3v) is 5.68. The standard InChI is InChI=1S/C13H8BrN5O2S2/c14-11-5-4-7-10(6-15-13(7)16-11)23(20,21)19-9-3-1-2-8-12(9)18-22-17-8/h1-6,19H,(H,15,16). The second-order valence-corrected chi connectivity index (χ2v) is 7.72. The highest BCUT2D eigenvalue weighted by atomic mass is 79.9. The van der Waals surface area contributed by atoms with Gasteiger partial charge in [-0.1, -0.05) is 6.07 Å². The van der Waals surface area contributed by atoms with Crippen LogP contribution in [-0.2, 0) is 10.0 Å². The van der Waals surface area contributed by atoms with Crippen LogP contribution in [0.5, 0.6) is 0 Å². The van der Waals surface area contributed by atoms with Crippen molar-refractivity contribution in [1.82, 2.24) is 18.7 Å². The first-order valence-corrected chi connectivity index (χ1v) is 9.43. The number of H-pyrrole nitrogens is 1. The average molecular weight is 410 g/mol. The lowest BCUT2D eigenvalue weighted by atomic mass is 10.3. The number of nitrogens with one attached hydrogen (secondary N) is 2. The summed E-state index contributed by atoms with van der Waals surface area (Å²) < 4.78 is 36.9. The molecule has 0 amide bonds. The summed E-state index contributed by atoms with van der Waals surface area (Å²) in [4.78, 5) is 7.21.